The van der Waals surface area contributed by atoms with Crippen LogP contribution in [0.25, 0.3) is 11.0 Å². The first kappa shape index (κ1) is 9.21. The quantitative estimate of drug-likeness (QED) is 0.794. The minimum atomic E-state index is 0.750. The van der Waals surface area contributed by atoms with Crippen LogP contribution in [0, 0.1) is 0 Å². The first-order valence-corrected chi connectivity index (χ1v) is 4.91. The van der Waals surface area contributed by atoms with Gasteiger partial charge in [-0.05, 0) is 37.1 Å². The second-order valence-electron chi connectivity index (χ2n) is 3.57. The molecule has 0 aliphatic rings. The summed E-state index contributed by atoms with van der Waals surface area (Å²) in [5.41, 5.74) is 9.05. The second-order valence-corrected chi connectivity index (χ2v) is 3.57. The van der Waals surface area contributed by atoms with Crippen LogP contribution in [0.3, 0.4) is 0 Å². The summed E-state index contributed by atoms with van der Waals surface area (Å²) in [6.07, 6.45) is 3.93. The maximum Gasteiger partial charge on any atom is 0.0955 e. The fourth-order valence-electron chi connectivity index (χ4n) is 1.64. The van der Waals surface area contributed by atoms with E-state index in [9.17, 15) is 0 Å². The Balaban J connectivity index is 2.32. The van der Waals surface area contributed by atoms with Gasteiger partial charge in [-0.3, -0.25) is 0 Å². The molecule has 1 heterocycles. The molecule has 0 unspecified atom stereocenters. The van der Waals surface area contributed by atoms with Gasteiger partial charge in [0, 0.05) is 7.05 Å². The van der Waals surface area contributed by atoms with Crippen molar-refractivity contribution in [3.63, 3.8) is 0 Å². The van der Waals surface area contributed by atoms with Crippen molar-refractivity contribution in [3.8, 4) is 0 Å². The Kier molecular flexibility index (Phi) is 2.50. The first-order valence-electron chi connectivity index (χ1n) is 4.91. The molecule has 14 heavy (non-hydrogen) atoms. The Labute approximate surface area is 83.6 Å². The van der Waals surface area contributed by atoms with Crippen molar-refractivity contribution < 1.29 is 0 Å². The lowest BCUT2D eigenvalue weighted by Crippen LogP contribution is -2.00. The molecule has 2 rings (SSSR count). The van der Waals surface area contributed by atoms with E-state index in [-0.39, 0.29) is 0 Å². The van der Waals surface area contributed by atoms with E-state index < -0.39 is 0 Å². The molecule has 0 bridgehead atoms. The van der Waals surface area contributed by atoms with Gasteiger partial charge in [0.25, 0.3) is 0 Å². The number of aryl methyl sites for hydroxylation is 2. The van der Waals surface area contributed by atoms with Crippen molar-refractivity contribution >= 4 is 11.0 Å². The lowest BCUT2D eigenvalue weighted by molar-refractivity contribution is 0.833. The summed E-state index contributed by atoms with van der Waals surface area (Å²) in [5.74, 6) is 0. The Hall–Kier alpha value is -1.35. The molecule has 3 heteroatoms. The van der Waals surface area contributed by atoms with Crippen LogP contribution < -0.4 is 5.73 Å². The van der Waals surface area contributed by atoms with Crippen LogP contribution in [0.1, 0.15) is 12.0 Å². The number of hydrogen-bond donors (Lipinski definition) is 1. The third-order valence-corrected chi connectivity index (χ3v) is 2.46. The number of nitrogens with zero attached hydrogens (tertiary/aromatic N) is 2. The summed E-state index contributed by atoms with van der Waals surface area (Å²) in [4.78, 5) is 4.32. The molecule has 2 N–H and O–H groups in total. The van der Waals surface area contributed by atoms with Crippen molar-refractivity contribution in [2.45, 2.75) is 12.8 Å². The van der Waals surface area contributed by atoms with Crippen LogP contribution in [-0.2, 0) is 13.5 Å². The lowest BCUT2D eigenvalue weighted by Gasteiger charge is -2.00. The van der Waals surface area contributed by atoms with Crippen molar-refractivity contribution in [1.82, 2.24) is 9.55 Å². The molecule has 0 amide bonds. The van der Waals surface area contributed by atoms with Gasteiger partial charge in [0.15, 0.2) is 0 Å². The lowest BCUT2D eigenvalue weighted by atomic mass is 10.1. The van der Waals surface area contributed by atoms with Crippen LogP contribution in [0.15, 0.2) is 24.5 Å². The molecule has 0 spiro atoms. The highest BCUT2D eigenvalue weighted by Crippen LogP contribution is 2.14. The minimum Gasteiger partial charge on any atom is -0.334 e. The van der Waals surface area contributed by atoms with Gasteiger partial charge in [-0.2, -0.15) is 0 Å². The molecule has 2 aromatic rings. The van der Waals surface area contributed by atoms with E-state index in [2.05, 4.69) is 23.2 Å². The van der Waals surface area contributed by atoms with E-state index in [0.717, 1.165) is 24.9 Å². The van der Waals surface area contributed by atoms with Gasteiger partial charge in [-0.1, -0.05) is 6.07 Å². The second kappa shape index (κ2) is 3.80. The predicted octanol–water partition coefficient (Wildman–Crippen LogP) is 1.46. The smallest absolute Gasteiger partial charge is 0.0955 e. The summed E-state index contributed by atoms with van der Waals surface area (Å²) in [5, 5.41) is 0. The summed E-state index contributed by atoms with van der Waals surface area (Å²) in [6.45, 7) is 0.750. The Bertz CT molecular complexity index is 431. The van der Waals surface area contributed by atoms with Gasteiger partial charge in [-0.25, -0.2) is 4.98 Å². The number of aromatic nitrogens is 2. The zero-order chi connectivity index (χ0) is 9.97. The third kappa shape index (κ3) is 1.63. The summed E-state index contributed by atoms with van der Waals surface area (Å²) in [7, 11) is 2.01. The Morgan fingerprint density at radius 2 is 2.29 bits per heavy atom. The van der Waals surface area contributed by atoms with Gasteiger partial charge in [0.2, 0.25) is 0 Å². The van der Waals surface area contributed by atoms with E-state index in [0.29, 0.717) is 0 Å². The maximum absolute atomic E-state index is 5.47. The Morgan fingerprint density at radius 1 is 1.43 bits per heavy atom. The highest BCUT2D eigenvalue weighted by molar-refractivity contribution is 5.75. The molecular weight excluding hydrogens is 174 g/mol. The van der Waals surface area contributed by atoms with Gasteiger partial charge >= 0.3 is 0 Å². The minimum absolute atomic E-state index is 0.750. The van der Waals surface area contributed by atoms with E-state index in [1.165, 1.54) is 11.1 Å². The molecule has 0 fully saturated rings. The zero-order valence-electron chi connectivity index (χ0n) is 8.40. The molecule has 74 valence electrons. The van der Waals surface area contributed by atoms with Gasteiger partial charge in [0.1, 0.15) is 0 Å². The highest BCUT2D eigenvalue weighted by atomic mass is 15.0. The number of rotatable bonds is 3. The van der Waals surface area contributed by atoms with Gasteiger partial charge < -0.3 is 10.3 Å². The normalized spacial score (nSPS) is 11.0. The zero-order valence-corrected chi connectivity index (χ0v) is 8.40. The molecule has 3 nitrogen and oxygen atoms in total. The Morgan fingerprint density at radius 3 is 3.07 bits per heavy atom. The SMILES string of the molecule is Cn1cnc2cc(CCCN)ccc21. The van der Waals surface area contributed by atoms with Crippen molar-refractivity contribution in [2.75, 3.05) is 6.54 Å². The predicted molar refractivity (Wildman–Crippen MR) is 58.1 cm³/mol. The highest BCUT2D eigenvalue weighted by Gasteiger charge is 2.00. The van der Waals surface area contributed by atoms with E-state index in [4.69, 9.17) is 5.73 Å². The van der Waals surface area contributed by atoms with Crippen LogP contribution >= 0.6 is 0 Å². The fourth-order valence-corrected chi connectivity index (χ4v) is 1.64. The fraction of sp³-hybridized carbons (Fsp3) is 0.364. The summed E-state index contributed by atoms with van der Waals surface area (Å²) in [6, 6.07) is 6.42. The number of fused-ring (bicyclic) bond motifs is 1. The molecule has 0 saturated heterocycles. The van der Waals surface area contributed by atoms with Crippen molar-refractivity contribution in [1.29, 1.82) is 0 Å². The number of nitrogens with two attached hydrogens (primary N) is 1. The van der Waals surface area contributed by atoms with Crippen LogP contribution in [-0.4, -0.2) is 16.1 Å². The third-order valence-electron chi connectivity index (χ3n) is 2.46. The van der Waals surface area contributed by atoms with E-state index >= 15 is 0 Å². The molecule has 0 saturated carbocycles. The van der Waals surface area contributed by atoms with Crippen molar-refractivity contribution in [2.24, 2.45) is 12.8 Å². The molecule has 0 aliphatic carbocycles. The van der Waals surface area contributed by atoms with Gasteiger partial charge in [-0.15, -0.1) is 0 Å². The van der Waals surface area contributed by atoms with Crippen LogP contribution in [0.5, 0.6) is 0 Å². The average molecular weight is 189 g/mol. The molecular formula is C11H15N3. The van der Waals surface area contributed by atoms with Crippen LogP contribution in [0.4, 0.5) is 0 Å². The van der Waals surface area contributed by atoms with Crippen molar-refractivity contribution in [3.05, 3.63) is 30.1 Å². The van der Waals surface area contributed by atoms with Gasteiger partial charge in [0.05, 0.1) is 17.4 Å². The number of hydrogen-bond acceptors (Lipinski definition) is 2. The van der Waals surface area contributed by atoms with E-state index in [1.807, 2.05) is 17.9 Å². The average Bonchev–Trinajstić information content (AvgIpc) is 2.57. The summed E-state index contributed by atoms with van der Waals surface area (Å²) >= 11 is 0. The first-order chi connectivity index (χ1) is 6.81. The summed E-state index contributed by atoms with van der Waals surface area (Å²) < 4.78 is 2.03. The molecule has 1 aromatic carbocycles. The maximum atomic E-state index is 5.47. The molecule has 0 radical (unpaired) electrons. The standard InChI is InChI=1S/C11H15N3/c1-14-8-13-10-7-9(3-2-6-12)4-5-11(10)14/h4-5,7-8H,2-3,6,12H2,1H3. The number of benzene rings is 1. The molecule has 0 atom stereocenters. The molecule has 1 aromatic heterocycles. The largest absolute Gasteiger partial charge is 0.334 e. The molecule has 0 aliphatic heterocycles. The topological polar surface area (TPSA) is 43.8 Å². The monoisotopic (exact) mass is 189 g/mol. The van der Waals surface area contributed by atoms with Crippen LogP contribution in [0.2, 0.25) is 0 Å². The number of imidazole rings is 1. The van der Waals surface area contributed by atoms with E-state index in [1.54, 1.807) is 0 Å².